The number of benzene rings is 2. The summed E-state index contributed by atoms with van der Waals surface area (Å²) in [7, 11) is -3.29. The highest BCUT2D eigenvalue weighted by Crippen LogP contribution is 2.43. The summed E-state index contributed by atoms with van der Waals surface area (Å²) < 4.78 is 30.5. The number of nitrogens with one attached hydrogen (secondary N) is 1. The molecule has 1 aliphatic rings. The molecule has 4 rings (SSSR count). The van der Waals surface area contributed by atoms with Gasteiger partial charge in [0.05, 0.1) is 16.8 Å². The zero-order chi connectivity index (χ0) is 22.2. The van der Waals surface area contributed by atoms with Crippen molar-refractivity contribution in [1.82, 2.24) is 4.57 Å². The first-order valence-corrected chi connectivity index (χ1v) is 11.8. The Morgan fingerprint density at radius 3 is 2.52 bits per heavy atom. The quantitative estimate of drug-likeness (QED) is 0.588. The van der Waals surface area contributed by atoms with Crippen molar-refractivity contribution in [3.05, 3.63) is 48.0 Å². The largest absolute Gasteiger partial charge is 0.478 e. The maximum Gasteiger partial charge on any atom is 0.409 e. The molecule has 160 valence electrons. The van der Waals surface area contributed by atoms with Gasteiger partial charge in [-0.2, -0.15) is 5.26 Å². The van der Waals surface area contributed by atoms with E-state index in [9.17, 15) is 18.5 Å². The molecule has 0 radical (unpaired) electrons. The highest BCUT2D eigenvalue weighted by Gasteiger charge is 2.28. The van der Waals surface area contributed by atoms with Crippen LogP contribution in [0, 0.1) is 11.3 Å². The van der Waals surface area contributed by atoms with E-state index in [2.05, 4.69) is 16.0 Å². The van der Waals surface area contributed by atoms with Crippen LogP contribution in [0.5, 0.6) is 5.75 Å². The van der Waals surface area contributed by atoms with Crippen molar-refractivity contribution in [3.63, 3.8) is 0 Å². The number of ether oxygens (including phenoxy) is 1. The van der Waals surface area contributed by atoms with Gasteiger partial charge in [-0.05, 0) is 49.1 Å². The lowest BCUT2D eigenvalue weighted by Gasteiger charge is -2.30. The summed E-state index contributed by atoms with van der Waals surface area (Å²) in [5.41, 5.74) is 3.35. The number of sulfone groups is 1. The Hall–Kier alpha value is -3.51. The molecule has 8 nitrogen and oxygen atoms in total. The van der Waals surface area contributed by atoms with Crippen LogP contribution in [0.1, 0.15) is 30.9 Å². The van der Waals surface area contributed by atoms with Crippen LogP contribution in [-0.4, -0.2) is 36.4 Å². The van der Waals surface area contributed by atoms with Crippen LogP contribution in [0.15, 0.2) is 42.5 Å². The first-order valence-electron chi connectivity index (χ1n) is 9.76. The molecule has 0 unspecified atom stereocenters. The third-order valence-electron chi connectivity index (χ3n) is 5.38. The fourth-order valence-corrected chi connectivity index (χ4v) is 4.16. The molecule has 1 aliphatic carbocycles. The molecule has 0 bridgehead atoms. The topological polar surface area (TPSA) is 121 Å². The first kappa shape index (κ1) is 20.8. The molecule has 1 amide bonds. The SMILES string of the molecule is CS(=O)(=O)COc1ccc2c(C#N)c(-c3ccc(NC(=O)O)cc3)n(C3CCC3)c2c1. The molecule has 2 aromatic carbocycles. The van der Waals surface area contributed by atoms with E-state index >= 15 is 0 Å². The lowest BCUT2D eigenvalue weighted by atomic mass is 9.92. The monoisotopic (exact) mass is 439 g/mol. The lowest BCUT2D eigenvalue weighted by Crippen LogP contribution is -2.18. The van der Waals surface area contributed by atoms with Gasteiger partial charge in [-0.1, -0.05) is 12.1 Å². The van der Waals surface area contributed by atoms with E-state index in [0.29, 0.717) is 17.0 Å². The summed E-state index contributed by atoms with van der Waals surface area (Å²) in [6.07, 6.45) is 3.02. The molecule has 2 N–H and O–H groups in total. The second kappa shape index (κ2) is 7.96. The van der Waals surface area contributed by atoms with Gasteiger partial charge in [0.15, 0.2) is 15.8 Å². The van der Waals surface area contributed by atoms with Crippen LogP contribution in [0.25, 0.3) is 22.2 Å². The summed E-state index contributed by atoms with van der Waals surface area (Å²) in [6, 6.07) is 14.7. The lowest BCUT2D eigenvalue weighted by molar-refractivity contribution is 0.209. The molecule has 31 heavy (non-hydrogen) atoms. The first-order chi connectivity index (χ1) is 14.8. The van der Waals surface area contributed by atoms with Gasteiger partial charge in [-0.3, -0.25) is 5.32 Å². The van der Waals surface area contributed by atoms with Crippen LogP contribution in [0.4, 0.5) is 10.5 Å². The van der Waals surface area contributed by atoms with Gasteiger partial charge in [0, 0.05) is 29.4 Å². The number of carbonyl (C=O) groups is 1. The molecule has 3 aromatic rings. The molecule has 1 heterocycles. The molecule has 1 saturated carbocycles. The van der Waals surface area contributed by atoms with Crippen molar-refractivity contribution >= 4 is 32.5 Å². The van der Waals surface area contributed by atoms with E-state index in [1.807, 2.05) is 0 Å². The summed E-state index contributed by atoms with van der Waals surface area (Å²) in [5.74, 6) is 0.00611. The Morgan fingerprint density at radius 1 is 1.26 bits per heavy atom. The van der Waals surface area contributed by atoms with Crippen LogP contribution in [0.3, 0.4) is 0 Å². The highest BCUT2D eigenvalue weighted by molar-refractivity contribution is 7.90. The van der Waals surface area contributed by atoms with Crippen molar-refractivity contribution in [1.29, 1.82) is 5.26 Å². The van der Waals surface area contributed by atoms with Gasteiger partial charge in [-0.25, -0.2) is 13.2 Å². The van der Waals surface area contributed by atoms with E-state index in [1.54, 1.807) is 42.5 Å². The Balaban J connectivity index is 1.85. The summed E-state index contributed by atoms with van der Waals surface area (Å²) in [6.45, 7) is 0. The maximum atomic E-state index is 11.5. The van der Waals surface area contributed by atoms with Gasteiger partial charge in [0.25, 0.3) is 0 Å². The minimum atomic E-state index is -3.29. The predicted molar refractivity (Wildman–Crippen MR) is 117 cm³/mol. The molecular weight excluding hydrogens is 418 g/mol. The van der Waals surface area contributed by atoms with Gasteiger partial charge in [0.2, 0.25) is 0 Å². The van der Waals surface area contributed by atoms with Crippen LogP contribution >= 0.6 is 0 Å². The van der Waals surface area contributed by atoms with Crippen molar-refractivity contribution < 1.29 is 23.1 Å². The molecule has 9 heteroatoms. The molecule has 0 spiro atoms. The van der Waals surface area contributed by atoms with E-state index < -0.39 is 21.9 Å². The summed E-state index contributed by atoms with van der Waals surface area (Å²) in [5, 5.41) is 21.9. The van der Waals surface area contributed by atoms with E-state index in [0.717, 1.165) is 47.7 Å². The summed E-state index contributed by atoms with van der Waals surface area (Å²) >= 11 is 0. The molecule has 1 fully saturated rings. The number of carboxylic acid groups (broad SMARTS) is 1. The normalized spacial score (nSPS) is 14.1. The van der Waals surface area contributed by atoms with E-state index in [1.165, 1.54) is 0 Å². The Bertz CT molecular complexity index is 1300. The Morgan fingerprint density at radius 2 is 1.97 bits per heavy atom. The molecule has 0 aliphatic heterocycles. The molecule has 0 saturated heterocycles. The smallest absolute Gasteiger partial charge is 0.409 e. The fourth-order valence-electron chi connectivity index (χ4n) is 3.81. The molecule has 0 atom stereocenters. The van der Waals surface area contributed by atoms with Crippen LogP contribution in [0.2, 0.25) is 0 Å². The van der Waals surface area contributed by atoms with Crippen LogP contribution in [-0.2, 0) is 9.84 Å². The zero-order valence-corrected chi connectivity index (χ0v) is 17.6. The number of rotatable bonds is 6. The number of amides is 1. The second-order valence-electron chi connectivity index (χ2n) is 7.66. The third-order valence-corrected chi connectivity index (χ3v) is 5.92. The zero-order valence-electron chi connectivity index (χ0n) is 16.8. The van der Waals surface area contributed by atoms with E-state index in [4.69, 9.17) is 9.84 Å². The predicted octanol–water partition coefficient (Wildman–Crippen LogP) is 4.38. The number of aromatic nitrogens is 1. The highest BCUT2D eigenvalue weighted by atomic mass is 32.2. The van der Waals surface area contributed by atoms with Crippen molar-refractivity contribution in [3.8, 4) is 23.1 Å². The van der Waals surface area contributed by atoms with E-state index in [-0.39, 0.29) is 6.04 Å². The second-order valence-corrected chi connectivity index (χ2v) is 9.75. The molecule has 1 aromatic heterocycles. The van der Waals surface area contributed by atoms with Gasteiger partial charge in [0.1, 0.15) is 11.8 Å². The number of fused-ring (bicyclic) bond motifs is 1. The molecular formula is C22H21N3O5S. The number of nitrogens with zero attached hydrogens (tertiary/aromatic N) is 2. The maximum absolute atomic E-state index is 11.5. The number of nitriles is 1. The van der Waals surface area contributed by atoms with Crippen molar-refractivity contribution in [2.45, 2.75) is 25.3 Å². The average molecular weight is 439 g/mol. The minimum Gasteiger partial charge on any atom is -0.478 e. The average Bonchev–Trinajstić information content (AvgIpc) is 2.98. The third kappa shape index (κ3) is 4.20. The number of anilines is 1. The van der Waals surface area contributed by atoms with Gasteiger partial charge < -0.3 is 14.4 Å². The fraction of sp³-hybridized carbons (Fsp3) is 0.273. The summed E-state index contributed by atoms with van der Waals surface area (Å²) in [4.78, 5) is 10.9. The van der Waals surface area contributed by atoms with Gasteiger partial charge in [-0.15, -0.1) is 0 Å². The number of hydrogen-bond donors (Lipinski definition) is 2. The van der Waals surface area contributed by atoms with Crippen molar-refractivity contribution in [2.24, 2.45) is 0 Å². The Labute approximate surface area is 179 Å². The van der Waals surface area contributed by atoms with Crippen LogP contribution < -0.4 is 10.1 Å². The van der Waals surface area contributed by atoms with Crippen molar-refractivity contribution in [2.75, 3.05) is 17.5 Å². The minimum absolute atomic E-state index is 0.224. The number of hydrogen-bond acceptors (Lipinski definition) is 5. The standard InChI is InChI=1S/C22H21N3O5S/c1-31(28,29)13-30-17-9-10-18-19(12-23)21(25(20(18)11-17)16-3-2-4-16)14-5-7-15(8-6-14)24-22(26)27/h5-11,16,24H,2-4,13H2,1H3,(H,26,27). The Kier molecular flexibility index (Phi) is 5.33. The van der Waals surface area contributed by atoms with Gasteiger partial charge >= 0.3 is 6.09 Å².